The van der Waals surface area contributed by atoms with E-state index in [2.05, 4.69) is 9.97 Å². The summed E-state index contributed by atoms with van der Waals surface area (Å²) in [4.78, 5) is 8.42. The van der Waals surface area contributed by atoms with Crippen LogP contribution in [0, 0.1) is 0 Å². The molecule has 0 fully saturated rings. The Morgan fingerprint density at radius 3 is 2.73 bits per heavy atom. The Morgan fingerprint density at radius 2 is 1.93 bits per heavy atom. The van der Waals surface area contributed by atoms with Crippen LogP contribution in [0.2, 0.25) is 0 Å². The normalized spacial score (nSPS) is 11.3. The topological polar surface area (TPSA) is 46.0 Å². The van der Waals surface area contributed by atoms with Gasteiger partial charge in [0.1, 0.15) is 0 Å². The number of hydrogen-bond donors (Lipinski definition) is 1. The lowest BCUT2D eigenvalue weighted by Crippen LogP contribution is -1.83. The van der Waals surface area contributed by atoms with Gasteiger partial charge in [-0.2, -0.15) is 0 Å². The van der Waals surface area contributed by atoms with Crippen molar-refractivity contribution >= 4 is 17.1 Å². The maximum Gasteiger partial charge on any atom is 0.0892 e. The van der Waals surface area contributed by atoms with Gasteiger partial charge in [0.15, 0.2) is 0 Å². The third kappa shape index (κ3) is 2.39. The van der Waals surface area contributed by atoms with Crippen LogP contribution in [0.5, 0.6) is 0 Å². The van der Waals surface area contributed by atoms with Crippen molar-refractivity contribution in [3.63, 3.8) is 0 Å². The molecule has 76 valence electrons. The van der Waals surface area contributed by atoms with Gasteiger partial charge in [-0.05, 0) is 24.1 Å². The smallest absolute Gasteiger partial charge is 0.0892 e. The highest BCUT2D eigenvalue weighted by Crippen LogP contribution is 2.12. The van der Waals surface area contributed by atoms with Gasteiger partial charge in [-0.25, -0.2) is 0 Å². The summed E-state index contributed by atoms with van der Waals surface area (Å²) in [5.74, 6) is 0. The number of aliphatic hydroxyl groups excluding tert-OH is 1. The Morgan fingerprint density at radius 1 is 1.13 bits per heavy atom. The number of aromatic nitrogens is 2. The van der Waals surface area contributed by atoms with Crippen LogP contribution in [-0.4, -0.2) is 21.7 Å². The minimum Gasteiger partial charge on any atom is -0.396 e. The van der Waals surface area contributed by atoms with Crippen molar-refractivity contribution in [3.8, 4) is 0 Å². The molecule has 0 amide bonds. The molecule has 2 rings (SSSR count). The fraction of sp³-hybridized carbons (Fsp3) is 0.167. The lowest BCUT2D eigenvalue weighted by molar-refractivity contribution is 0.303. The van der Waals surface area contributed by atoms with Crippen LogP contribution in [0.25, 0.3) is 17.1 Å². The average Bonchev–Trinajstić information content (AvgIpc) is 2.29. The number of aliphatic hydroxyl groups is 1. The fourth-order valence-corrected chi connectivity index (χ4v) is 1.38. The standard InChI is InChI=1S/C12H12N2O/c15-8-2-1-3-10-4-5-11-12(9-10)14-7-6-13-11/h1,3-7,9,15H,2,8H2. The van der Waals surface area contributed by atoms with Crippen molar-refractivity contribution < 1.29 is 5.11 Å². The SMILES string of the molecule is OCCC=Cc1ccc2nccnc2c1. The molecule has 0 radical (unpaired) electrons. The van der Waals surface area contributed by atoms with E-state index in [0.29, 0.717) is 6.42 Å². The van der Waals surface area contributed by atoms with Gasteiger partial charge in [0.2, 0.25) is 0 Å². The zero-order valence-electron chi connectivity index (χ0n) is 8.30. The molecule has 0 saturated carbocycles. The third-order valence-electron chi connectivity index (χ3n) is 2.10. The van der Waals surface area contributed by atoms with Crippen LogP contribution in [0.1, 0.15) is 12.0 Å². The Labute approximate surface area is 88.1 Å². The average molecular weight is 200 g/mol. The molecule has 0 atom stereocenters. The van der Waals surface area contributed by atoms with Crippen LogP contribution in [-0.2, 0) is 0 Å². The van der Waals surface area contributed by atoms with Gasteiger partial charge >= 0.3 is 0 Å². The number of nitrogens with zero attached hydrogens (tertiary/aromatic N) is 2. The molecule has 0 aliphatic heterocycles. The number of hydrogen-bond acceptors (Lipinski definition) is 3. The van der Waals surface area contributed by atoms with E-state index in [1.165, 1.54) is 0 Å². The highest BCUT2D eigenvalue weighted by Gasteiger charge is 1.94. The first kappa shape index (κ1) is 9.80. The van der Waals surface area contributed by atoms with Crippen LogP contribution >= 0.6 is 0 Å². The molecule has 3 heteroatoms. The van der Waals surface area contributed by atoms with Crippen LogP contribution in [0.3, 0.4) is 0 Å². The summed E-state index contributed by atoms with van der Waals surface area (Å²) < 4.78 is 0. The minimum absolute atomic E-state index is 0.184. The molecule has 2 aromatic rings. The van der Waals surface area contributed by atoms with Crippen LogP contribution in [0.15, 0.2) is 36.7 Å². The van der Waals surface area contributed by atoms with Crippen molar-refractivity contribution in [1.82, 2.24) is 9.97 Å². The maximum absolute atomic E-state index is 8.64. The molecule has 0 bridgehead atoms. The first-order valence-corrected chi connectivity index (χ1v) is 4.88. The second kappa shape index (κ2) is 4.66. The molecule has 0 aliphatic carbocycles. The summed E-state index contributed by atoms with van der Waals surface area (Å²) in [6.07, 6.45) is 7.97. The quantitative estimate of drug-likeness (QED) is 0.824. The summed E-state index contributed by atoms with van der Waals surface area (Å²) in [5.41, 5.74) is 2.87. The van der Waals surface area contributed by atoms with E-state index in [-0.39, 0.29) is 6.61 Å². The second-order valence-corrected chi connectivity index (χ2v) is 3.22. The van der Waals surface area contributed by atoms with Crippen molar-refractivity contribution in [2.75, 3.05) is 6.61 Å². The fourth-order valence-electron chi connectivity index (χ4n) is 1.38. The van der Waals surface area contributed by atoms with Gasteiger partial charge < -0.3 is 5.11 Å². The second-order valence-electron chi connectivity index (χ2n) is 3.22. The monoisotopic (exact) mass is 200 g/mol. The van der Waals surface area contributed by atoms with E-state index in [1.54, 1.807) is 12.4 Å². The molecule has 1 aromatic carbocycles. The number of benzene rings is 1. The van der Waals surface area contributed by atoms with Crippen molar-refractivity contribution in [3.05, 3.63) is 42.2 Å². The van der Waals surface area contributed by atoms with Gasteiger partial charge in [-0.1, -0.05) is 18.2 Å². The molecule has 0 unspecified atom stereocenters. The molecule has 15 heavy (non-hydrogen) atoms. The zero-order valence-corrected chi connectivity index (χ0v) is 8.30. The largest absolute Gasteiger partial charge is 0.396 e. The van der Waals surface area contributed by atoms with Gasteiger partial charge in [0.05, 0.1) is 11.0 Å². The van der Waals surface area contributed by atoms with E-state index >= 15 is 0 Å². The van der Waals surface area contributed by atoms with E-state index < -0.39 is 0 Å². The Kier molecular flexibility index (Phi) is 3.05. The molecular formula is C12H12N2O. The van der Waals surface area contributed by atoms with E-state index in [9.17, 15) is 0 Å². The molecule has 0 spiro atoms. The first-order valence-electron chi connectivity index (χ1n) is 4.88. The molecular weight excluding hydrogens is 188 g/mol. The highest BCUT2D eigenvalue weighted by atomic mass is 16.2. The lowest BCUT2D eigenvalue weighted by Gasteiger charge is -1.97. The third-order valence-corrected chi connectivity index (χ3v) is 2.10. The van der Waals surface area contributed by atoms with E-state index in [0.717, 1.165) is 16.6 Å². The van der Waals surface area contributed by atoms with Crippen LogP contribution < -0.4 is 0 Å². The van der Waals surface area contributed by atoms with Crippen molar-refractivity contribution in [1.29, 1.82) is 0 Å². The molecule has 1 heterocycles. The molecule has 0 aliphatic rings. The van der Waals surface area contributed by atoms with Gasteiger partial charge in [-0.3, -0.25) is 9.97 Å². The summed E-state index contributed by atoms with van der Waals surface area (Å²) >= 11 is 0. The predicted octanol–water partition coefficient (Wildman–Crippen LogP) is 2.03. The van der Waals surface area contributed by atoms with E-state index in [1.807, 2.05) is 30.4 Å². The number of rotatable bonds is 3. The summed E-state index contributed by atoms with van der Waals surface area (Å²) in [6.45, 7) is 0.184. The Hall–Kier alpha value is -1.74. The Bertz CT molecular complexity index is 480. The Balaban J connectivity index is 2.30. The predicted molar refractivity (Wildman–Crippen MR) is 60.3 cm³/mol. The molecule has 1 N–H and O–H groups in total. The summed E-state index contributed by atoms with van der Waals surface area (Å²) in [6, 6.07) is 5.92. The van der Waals surface area contributed by atoms with Crippen molar-refractivity contribution in [2.45, 2.75) is 6.42 Å². The molecule has 3 nitrogen and oxygen atoms in total. The maximum atomic E-state index is 8.64. The van der Waals surface area contributed by atoms with Gasteiger partial charge in [0, 0.05) is 19.0 Å². The lowest BCUT2D eigenvalue weighted by atomic mass is 10.1. The zero-order chi connectivity index (χ0) is 10.5. The first-order chi connectivity index (χ1) is 7.40. The van der Waals surface area contributed by atoms with Crippen molar-refractivity contribution in [2.24, 2.45) is 0 Å². The van der Waals surface area contributed by atoms with Gasteiger partial charge in [0.25, 0.3) is 0 Å². The molecule has 1 aromatic heterocycles. The molecule has 0 saturated heterocycles. The minimum atomic E-state index is 0.184. The summed E-state index contributed by atoms with van der Waals surface area (Å²) in [7, 11) is 0. The number of fused-ring (bicyclic) bond motifs is 1. The van der Waals surface area contributed by atoms with Gasteiger partial charge in [-0.15, -0.1) is 0 Å². The van der Waals surface area contributed by atoms with E-state index in [4.69, 9.17) is 5.11 Å². The summed E-state index contributed by atoms with van der Waals surface area (Å²) in [5, 5.41) is 8.64. The highest BCUT2D eigenvalue weighted by molar-refractivity contribution is 5.76. The van der Waals surface area contributed by atoms with Crippen LogP contribution in [0.4, 0.5) is 0 Å².